The summed E-state index contributed by atoms with van der Waals surface area (Å²) < 4.78 is 13.2. The highest BCUT2D eigenvalue weighted by molar-refractivity contribution is 6.31. The summed E-state index contributed by atoms with van der Waals surface area (Å²) in [6.07, 6.45) is 0. The highest BCUT2D eigenvalue weighted by Crippen LogP contribution is 2.39. The summed E-state index contributed by atoms with van der Waals surface area (Å²) in [6, 6.07) is 5.00. The van der Waals surface area contributed by atoms with Gasteiger partial charge in [-0.1, -0.05) is 53.1 Å². The van der Waals surface area contributed by atoms with Crippen molar-refractivity contribution in [3.05, 3.63) is 29.0 Å². The van der Waals surface area contributed by atoms with Gasteiger partial charge in [0.2, 0.25) is 0 Å². The maximum Gasteiger partial charge on any atom is 0.141 e. The van der Waals surface area contributed by atoms with Crippen LogP contribution in [0.5, 0.6) is 0 Å². The van der Waals surface area contributed by atoms with E-state index in [-0.39, 0.29) is 10.8 Å². The molecule has 1 aromatic carbocycles. The fourth-order valence-corrected chi connectivity index (χ4v) is 3.16. The van der Waals surface area contributed by atoms with Gasteiger partial charge in [-0.3, -0.25) is 0 Å². The van der Waals surface area contributed by atoms with Crippen LogP contribution in [0.2, 0.25) is 5.02 Å². The Bertz CT molecular complexity index is 439. The lowest BCUT2D eigenvalue weighted by Gasteiger charge is -2.30. The van der Waals surface area contributed by atoms with E-state index in [1.807, 2.05) is 19.9 Å². The van der Waals surface area contributed by atoms with Gasteiger partial charge in [-0.15, -0.1) is 0 Å². The molecule has 2 unspecified atom stereocenters. The molecule has 0 radical (unpaired) electrons. The Morgan fingerprint density at radius 2 is 1.80 bits per heavy atom. The standard InChI is InChI=1S/C15H21ClFN.C2H6/c1-10-8-18(9-12(10)15(2,3)4)11-5-6-14(17)13(16)7-11;1-2/h5-7,10,12H,8-9H2,1-4H3;1-2H3. The highest BCUT2D eigenvalue weighted by Gasteiger charge is 2.37. The molecule has 1 fully saturated rings. The smallest absolute Gasteiger partial charge is 0.141 e. The third-order valence-electron chi connectivity index (χ3n) is 3.99. The Morgan fingerprint density at radius 1 is 1.20 bits per heavy atom. The summed E-state index contributed by atoms with van der Waals surface area (Å²) in [6.45, 7) is 15.2. The van der Waals surface area contributed by atoms with Crippen LogP contribution in [0.4, 0.5) is 10.1 Å². The molecular formula is C17H27ClFN. The van der Waals surface area contributed by atoms with Gasteiger partial charge >= 0.3 is 0 Å². The van der Waals surface area contributed by atoms with Gasteiger partial charge in [0.1, 0.15) is 5.82 Å². The van der Waals surface area contributed by atoms with E-state index >= 15 is 0 Å². The topological polar surface area (TPSA) is 3.24 Å². The van der Waals surface area contributed by atoms with Crippen LogP contribution in [0.15, 0.2) is 18.2 Å². The predicted octanol–water partition coefficient (Wildman–Crippen LogP) is 5.62. The van der Waals surface area contributed by atoms with E-state index in [4.69, 9.17) is 11.6 Å². The first-order valence-electron chi connectivity index (χ1n) is 7.49. The molecule has 0 saturated carbocycles. The molecule has 1 saturated heterocycles. The van der Waals surface area contributed by atoms with Crippen LogP contribution in [0.25, 0.3) is 0 Å². The van der Waals surface area contributed by atoms with Crippen molar-refractivity contribution in [3.8, 4) is 0 Å². The summed E-state index contributed by atoms with van der Waals surface area (Å²) in [4.78, 5) is 2.31. The van der Waals surface area contributed by atoms with Gasteiger partial charge in [0.05, 0.1) is 5.02 Å². The van der Waals surface area contributed by atoms with E-state index < -0.39 is 0 Å². The molecule has 0 aliphatic carbocycles. The Balaban J connectivity index is 0.000000956. The summed E-state index contributed by atoms with van der Waals surface area (Å²) in [5.41, 5.74) is 1.33. The molecule has 114 valence electrons. The van der Waals surface area contributed by atoms with Gasteiger partial charge in [0.15, 0.2) is 0 Å². The zero-order valence-corrected chi connectivity index (χ0v) is 14.3. The lowest BCUT2D eigenvalue weighted by atomic mass is 9.76. The van der Waals surface area contributed by atoms with Crippen molar-refractivity contribution >= 4 is 17.3 Å². The molecule has 0 bridgehead atoms. The lowest BCUT2D eigenvalue weighted by Crippen LogP contribution is -2.27. The molecule has 1 aliphatic heterocycles. The summed E-state index contributed by atoms with van der Waals surface area (Å²) >= 11 is 5.85. The number of anilines is 1. The van der Waals surface area contributed by atoms with Crippen LogP contribution < -0.4 is 4.90 Å². The minimum Gasteiger partial charge on any atom is -0.371 e. The van der Waals surface area contributed by atoms with Crippen molar-refractivity contribution < 1.29 is 4.39 Å². The van der Waals surface area contributed by atoms with Crippen molar-refractivity contribution in [3.63, 3.8) is 0 Å². The average Bonchev–Trinajstić information content (AvgIpc) is 2.77. The quantitative estimate of drug-likeness (QED) is 0.650. The van der Waals surface area contributed by atoms with E-state index in [9.17, 15) is 4.39 Å². The molecule has 1 heterocycles. The molecule has 0 aromatic heterocycles. The van der Waals surface area contributed by atoms with Gasteiger partial charge in [-0.25, -0.2) is 4.39 Å². The Hall–Kier alpha value is -0.760. The number of halogens is 2. The SMILES string of the molecule is CC.CC1CN(c2ccc(F)c(Cl)c2)CC1C(C)(C)C. The maximum absolute atomic E-state index is 13.2. The number of nitrogens with zero attached hydrogens (tertiary/aromatic N) is 1. The fourth-order valence-electron chi connectivity index (χ4n) is 2.99. The Kier molecular flexibility index (Phi) is 5.88. The van der Waals surface area contributed by atoms with E-state index in [0.29, 0.717) is 17.3 Å². The third-order valence-corrected chi connectivity index (χ3v) is 4.28. The van der Waals surface area contributed by atoms with Crippen LogP contribution in [0.3, 0.4) is 0 Å². The molecule has 2 rings (SSSR count). The number of hydrogen-bond acceptors (Lipinski definition) is 1. The van der Waals surface area contributed by atoms with Gasteiger partial charge in [0, 0.05) is 18.8 Å². The number of benzene rings is 1. The molecule has 20 heavy (non-hydrogen) atoms. The summed E-state index contributed by atoms with van der Waals surface area (Å²) in [5.74, 6) is 0.954. The van der Waals surface area contributed by atoms with Crippen molar-refractivity contribution in [2.75, 3.05) is 18.0 Å². The molecule has 0 amide bonds. The van der Waals surface area contributed by atoms with Crippen molar-refractivity contribution in [2.45, 2.75) is 41.5 Å². The second-order valence-electron chi connectivity index (χ2n) is 6.45. The van der Waals surface area contributed by atoms with Crippen LogP contribution in [0.1, 0.15) is 41.5 Å². The molecule has 1 aromatic rings. The second-order valence-corrected chi connectivity index (χ2v) is 6.86. The summed E-state index contributed by atoms with van der Waals surface area (Å²) in [7, 11) is 0. The summed E-state index contributed by atoms with van der Waals surface area (Å²) in [5, 5.41) is 0.208. The number of hydrogen-bond donors (Lipinski definition) is 0. The van der Waals surface area contributed by atoms with E-state index in [1.54, 1.807) is 6.07 Å². The first-order chi connectivity index (χ1) is 9.29. The van der Waals surface area contributed by atoms with Crippen LogP contribution in [0, 0.1) is 23.1 Å². The lowest BCUT2D eigenvalue weighted by molar-refractivity contribution is 0.214. The van der Waals surface area contributed by atoms with Gasteiger partial charge < -0.3 is 4.90 Å². The van der Waals surface area contributed by atoms with Gasteiger partial charge in [-0.2, -0.15) is 0 Å². The molecule has 1 nitrogen and oxygen atoms in total. The average molecular weight is 300 g/mol. The van der Waals surface area contributed by atoms with Crippen LogP contribution >= 0.6 is 11.6 Å². The minimum absolute atomic E-state index is 0.208. The molecule has 2 atom stereocenters. The second kappa shape index (κ2) is 6.80. The monoisotopic (exact) mass is 299 g/mol. The highest BCUT2D eigenvalue weighted by atomic mass is 35.5. The van der Waals surface area contributed by atoms with Crippen LogP contribution in [-0.4, -0.2) is 13.1 Å². The molecule has 3 heteroatoms. The normalized spacial score (nSPS) is 22.5. The molecular weight excluding hydrogens is 273 g/mol. The van der Waals surface area contributed by atoms with Crippen molar-refractivity contribution in [1.29, 1.82) is 0 Å². The van der Waals surface area contributed by atoms with Crippen molar-refractivity contribution in [2.24, 2.45) is 17.3 Å². The minimum atomic E-state index is -0.347. The molecule has 0 spiro atoms. The van der Waals surface area contributed by atoms with Crippen LogP contribution in [-0.2, 0) is 0 Å². The molecule has 0 N–H and O–H groups in total. The zero-order chi connectivity index (χ0) is 15.5. The van der Waals surface area contributed by atoms with Crippen molar-refractivity contribution in [1.82, 2.24) is 0 Å². The zero-order valence-electron chi connectivity index (χ0n) is 13.5. The first-order valence-corrected chi connectivity index (χ1v) is 7.87. The largest absolute Gasteiger partial charge is 0.371 e. The molecule has 1 aliphatic rings. The van der Waals surface area contributed by atoms with Gasteiger partial charge in [0.25, 0.3) is 0 Å². The van der Waals surface area contributed by atoms with E-state index in [2.05, 4.69) is 32.6 Å². The first kappa shape index (κ1) is 17.3. The predicted molar refractivity (Wildman–Crippen MR) is 87.1 cm³/mol. The fraction of sp³-hybridized carbons (Fsp3) is 0.647. The maximum atomic E-state index is 13.2. The third kappa shape index (κ3) is 3.88. The Morgan fingerprint density at radius 3 is 2.25 bits per heavy atom. The van der Waals surface area contributed by atoms with Gasteiger partial charge in [-0.05, 0) is 35.4 Å². The Labute approximate surface area is 128 Å². The van der Waals surface area contributed by atoms with E-state index in [1.165, 1.54) is 6.07 Å². The van der Waals surface area contributed by atoms with E-state index in [0.717, 1.165) is 18.8 Å². The number of rotatable bonds is 1.